The van der Waals surface area contributed by atoms with E-state index >= 15 is 0 Å². The van der Waals surface area contributed by atoms with Crippen molar-refractivity contribution in [1.82, 2.24) is 10.3 Å². The fraction of sp³-hybridized carbons (Fsp3) is 0.333. The van der Waals surface area contributed by atoms with Crippen LogP contribution < -0.4 is 5.32 Å². The second-order valence-electron chi connectivity index (χ2n) is 6.77. The molecule has 0 spiro atoms. The first kappa shape index (κ1) is 17.4. The van der Waals surface area contributed by atoms with Crippen LogP contribution in [0.1, 0.15) is 45.6 Å². The van der Waals surface area contributed by atoms with Gasteiger partial charge in [-0.3, -0.25) is 4.79 Å². The average Bonchev–Trinajstić information content (AvgIpc) is 3.33. The predicted octanol–water partition coefficient (Wildman–Crippen LogP) is 5.32. The maximum atomic E-state index is 12.5. The Morgan fingerprint density at radius 1 is 1.31 bits per heavy atom. The Morgan fingerprint density at radius 2 is 2.15 bits per heavy atom. The SMILES string of the molecule is CC[C@H]1CCc2sc(C(=O)NCc3csc(-c4ccccc4)n3)cc2C1. The van der Waals surface area contributed by atoms with Gasteiger partial charge in [0.2, 0.25) is 0 Å². The lowest BCUT2D eigenvalue weighted by Gasteiger charge is -2.19. The largest absolute Gasteiger partial charge is 0.346 e. The molecule has 5 heteroatoms. The first-order chi connectivity index (χ1) is 12.7. The maximum absolute atomic E-state index is 12.5. The Labute approximate surface area is 162 Å². The molecule has 0 unspecified atom stereocenters. The van der Waals surface area contributed by atoms with Gasteiger partial charge in [0.25, 0.3) is 5.91 Å². The van der Waals surface area contributed by atoms with Crippen LogP contribution in [-0.2, 0) is 19.4 Å². The molecule has 0 fully saturated rings. The van der Waals surface area contributed by atoms with E-state index in [1.807, 2.05) is 23.6 Å². The van der Waals surface area contributed by atoms with Crippen LogP contribution in [0, 0.1) is 5.92 Å². The number of carbonyl (C=O) groups excluding carboxylic acids is 1. The van der Waals surface area contributed by atoms with Gasteiger partial charge >= 0.3 is 0 Å². The van der Waals surface area contributed by atoms with E-state index in [-0.39, 0.29) is 5.91 Å². The molecule has 26 heavy (non-hydrogen) atoms. The molecule has 3 aromatic rings. The van der Waals surface area contributed by atoms with Crippen LogP contribution in [0.15, 0.2) is 41.8 Å². The standard InChI is InChI=1S/C21H22N2OS2/c1-2-14-8-9-18-16(10-14)11-19(26-18)20(24)22-12-17-13-25-21(23-17)15-6-4-3-5-7-15/h3-7,11,13-14H,2,8-10,12H2,1H3,(H,22,24)/t14-/m0/s1. The molecule has 1 atom stereocenters. The quantitative estimate of drug-likeness (QED) is 0.649. The van der Waals surface area contributed by atoms with Crippen molar-refractivity contribution in [3.8, 4) is 10.6 Å². The molecule has 2 heterocycles. The second kappa shape index (κ2) is 7.72. The van der Waals surface area contributed by atoms with Gasteiger partial charge in [-0.2, -0.15) is 0 Å². The smallest absolute Gasteiger partial charge is 0.261 e. The molecule has 0 aliphatic heterocycles. The van der Waals surface area contributed by atoms with Crippen LogP contribution in [0.3, 0.4) is 0 Å². The molecule has 0 saturated carbocycles. The highest BCUT2D eigenvalue weighted by atomic mass is 32.1. The first-order valence-corrected chi connectivity index (χ1v) is 10.8. The van der Waals surface area contributed by atoms with Crippen LogP contribution in [-0.4, -0.2) is 10.9 Å². The van der Waals surface area contributed by atoms with Crippen LogP contribution in [0.2, 0.25) is 0 Å². The van der Waals surface area contributed by atoms with E-state index in [0.29, 0.717) is 6.54 Å². The minimum absolute atomic E-state index is 0.0201. The molecule has 0 radical (unpaired) electrons. The summed E-state index contributed by atoms with van der Waals surface area (Å²) in [6.45, 7) is 2.73. The number of thiazole rings is 1. The van der Waals surface area contributed by atoms with Crippen molar-refractivity contribution in [2.75, 3.05) is 0 Å². The summed E-state index contributed by atoms with van der Waals surface area (Å²) < 4.78 is 0. The summed E-state index contributed by atoms with van der Waals surface area (Å²) in [6, 6.07) is 12.2. The summed E-state index contributed by atoms with van der Waals surface area (Å²) in [6.07, 6.45) is 4.73. The van der Waals surface area contributed by atoms with Crippen LogP contribution in [0.4, 0.5) is 0 Å². The molecular formula is C21H22N2OS2. The number of aromatic nitrogens is 1. The highest BCUT2D eigenvalue weighted by Gasteiger charge is 2.22. The van der Waals surface area contributed by atoms with Crippen molar-refractivity contribution in [1.29, 1.82) is 0 Å². The van der Waals surface area contributed by atoms with E-state index in [4.69, 9.17) is 0 Å². The Balaban J connectivity index is 1.39. The third-order valence-corrected chi connectivity index (χ3v) is 7.16. The molecule has 1 aliphatic rings. The Hall–Kier alpha value is -1.98. The molecule has 1 aliphatic carbocycles. The molecule has 3 nitrogen and oxygen atoms in total. The van der Waals surface area contributed by atoms with E-state index in [1.165, 1.54) is 23.3 Å². The van der Waals surface area contributed by atoms with Crippen molar-refractivity contribution in [3.63, 3.8) is 0 Å². The molecular weight excluding hydrogens is 360 g/mol. The van der Waals surface area contributed by atoms with E-state index in [2.05, 4.69) is 35.4 Å². The van der Waals surface area contributed by atoms with E-state index in [0.717, 1.165) is 39.9 Å². The average molecular weight is 383 g/mol. The highest BCUT2D eigenvalue weighted by molar-refractivity contribution is 7.14. The summed E-state index contributed by atoms with van der Waals surface area (Å²) in [5.41, 5.74) is 3.42. The number of fused-ring (bicyclic) bond motifs is 1. The van der Waals surface area contributed by atoms with Gasteiger partial charge in [0.05, 0.1) is 17.1 Å². The minimum atomic E-state index is 0.0201. The number of hydrogen-bond acceptors (Lipinski definition) is 4. The van der Waals surface area contributed by atoms with E-state index < -0.39 is 0 Å². The number of hydrogen-bond donors (Lipinski definition) is 1. The fourth-order valence-electron chi connectivity index (χ4n) is 3.42. The lowest BCUT2D eigenvalue weighted by molar-refractivity contribution is 0.0954. The number of rotatable bonds is 5. The van der Waals surface area contributed by atoms with Gasteiger partial charge in [0, 0.05) is 15.8 Å². The number of nitrogens with one attached hydrogen (secondary N) is 1. The lowest BCUT2D eigenvalue weighted by Crippen LogP contribution is -2.21. The molecule has 134 valence electrons. The van der Waals surface area contributed by atoms with Crippen molar-refractivity contribution >= 4 is 28.6 Å². The normalized spacial score (nSPS) is 16.3. The van der Waals surface area contributed by atoms with Crippen molar-refractivity contribution < 1.29 is 4.79 Å². The number of carbonyl (C=O) groups is 1. The maximum Gasteiger partial charge on any atom is 0.261 e. The summed E-state index contributed by atoms with van der Waals surface area (Å²) >= 11 is 3.28. The third-order valence-electron chi connectivity index (χ3n) is 4.99. The van der Waals surface area contributed by atoms with Crippen LogP contribution in [0.5, 0.6) is 0 Å². The molecule has 2 aromatic heterocycles. The fourth-order valence-corrected chi connectivity index (χ4v) is 5.37. The zero-order valence-corrected chi connectivity index (χ0v) is 16.5. The third kappa shape index (κ3) is 3.74. The minimum Gasteiger partial charge on any atom is -0.346 e. The Bertz CT molecular complexity index is 898. The predicted molar refractivity (Wildman–Crippen MR) is 109 cm³/mol. The second-order valence-corrected chi connectivity index (χ2v) is 8.76. The topological polar surface area (TPSA) is 42.0 Å². The highest BCUT2D eigenvalue weighted by Crippen LogP contribution is 2.33. The van der Waals surface area contributed by atoms with Gasteiger partial charge in [0.1, 0.15) is 5.01 Å². The first-order valence-electron chi connectivity index (χ1n) is 9.12. The number of aryl methyl sites for hydroxylation is 1. The van der Waals surface area contributed by atoms with Gasteiger partial charge < -0.3 is 5.32 Å². The summed E-state index contributed by atoms with van der Waals surface area (Å²) in [5.74, 6) is 0.797. The van der Waals surface area contributed by atoms with Gasteiger partial charge in [-0.1, -0.05) is 43.7 Å². The molecule has 1 aromatic carbocycles. The number of benzene rings is 1. The summed E-state index contributed by atoms with van der Waals surface area (Å²) in [7, 11) is 0. The van der Waals surface area contributed by atoms with Gasteiger partial charge in [-0.15, -0.1) is 22.7 Å². The Kier molecular flexibility index (Phi) is 5.18. The van der Waals surface area contributed by atoms with Gasteiger partial charge in [-0.05, 0) is 36.8 Å². The molecule has 1 N–H and O–H groups in total. The van der Waals surface area contributed by atoms with Crippen molar-refractivity contribution in [2.45, 2.75) is 39.2 Å². The molecule has 4 rings (SSSR count). The van der Waals surface area contributed by atoms with Crippen molar-refractivity contribution in [3.05, 3.63) is 62.8 Å². The van der Waals surface area contributed by atoms with Gasteiger partial charge in [-0.25, -0.2) is 4.98 Å². The monoisotopic (exact) mass is 382 g/mol. The number of amides is 1. The van der Waals surface area contributed by atoms with Crippen molar-refractivity contribution in [2.24, 2.45) is 5.92 Å². The molecule has 0 bridgehead atoms. The lowest BCUT2D eigenvalue weighted by atomic mass is 9.87. The Morgan fingerprint density at radius 3 is 2.96 bits per heavy atom. The van der Waals surface area contributed by atoms with E-state index in [1.54, 1.807) is 22.7 Å². The molecule has 0 saturated heterocycles. The van der Waals surface area contributed by atoms with Gasteiger partial charge in [0.15, 0.2) is 0 Å². The zero-order valence-electron chi connectivity index (χ0n) is 14.8. The zero-order chi connectivity index (χ0) is 17.9. The summed E-state index contributed by atoms with van der Waals surface area (Å²) in [4.78, 5) is 19.4. The van der Waals surface area contributed by atoms with E-state index in [9.17, 15) is 4.79 Å². The van der Waals surface area contributed by atoms with Crippen LogP contribution >= 0.6 is 22.7 Å². The number of nitrogens with zero attached hydrogens (tertiary/aromatic N) is 1. The molecule has 1 amide bonds. The number of thiophene rings is 1. The summed E-state index contributed by atoms with van der Waals surface area (Å²) in [5, 5.41) is 6.04. The van der Waals surface area contributed by atoms with Crippen LogP contribution in [0.25, 0.3) is 10.6 Å².